The molecule has 1 heterocycles. The van der Waals surface area contributed by atoms with E-state index in [1.54, 1.807) is 6.20 Å². The molecule has 1 fully saturated rings. The van der Waals surface area contributed by atoms with Crippen LogP contribution in [0.2, 0.25) is 0 Å². The predicted octanol–water partition coefficient (Wildman–Crippen LogP) is 2.98. The van der Waals surface area contributed by atoms with Crippen LogP contribution in [0.15, 0.2) is 36.5 Å². The third-order valence-corrected chi connectivity index (χ3v) is 5.19. The highest BCUT2D eigenvalue weighted by Gasteiger charge is 2.30. The summed E-state index contributed by atoms with van der Waals surface area (Å²) in [4.78, 5) is 28.9. The minimum Gasteiger partial charge on any atom is -0.369 e. The van der Waals surface area contributed by atoms with Crippen LogP contribution in [-0.4, -0.2) is 23.0 Å². The number of nitrogens with zero attached hydrogens (tertiary/aromatic N) is 1. The van der Waals surface area contributed by atoms with Crippen molar-refractivity contribution in [3.8, 4) is 10.4 Å². The van der Waals surface area contributed by atoms with Crippen molar-refractivity contribution in [1.29, 1.82) is 0 Å². The van der Waals surface area contributed by atoms with E-state index in [0.29, 0.717) is 5.13 Å². The Morgan fingerprint density at radius 3 is 2.67 bits per heavy atom. The lowest BCUT2D eigenvalue weighted by Crippen LogP contribution is -2.48. The number of nitrogens with two attached hydrogens (primary N) is 1. The van der Waals surface area contributed by atoms with Crippen LogP contribution in [0.3, 0.4) is 0 Å². The molecule has 0 spiro atoms. The largest absolute Gasteiger partial charge is 0.369 e. The molecule has 2 aromatic rings. The lowest BCUT2D eigenvalue weighted by molar-refractivity contribution is -0.123. The molecule has 0 bridgehead atoms. The first-order chi connectivity index (χ1) is 11.6. The summed E-state index contributed by atoms with van der Waals surface area (Å²) in [7, 11) is 0. The first kappa shape index (κ1) is 16.4. The normalized spacial score (nSPS) is 20.3. The molecule has 3 rings (SSSR count). The fourth-order valence-corrected chi connectivity index (χ4v) is 3.83. The Kier molecular flexibility index (Phi) is 5.10. The standard InChI is InChI=1S/C17H20N4O2S/c18-15(22)12-8-4-5-9-13(12)20-16(23)21-17-19-10-14(24-17)11-6-2-1-3-7-11/h1-3,6-7,10,12-13H,4-5,8-9H2,(H2,18,22)(H2,19,20,21,23)/t12-,13+/m1/s1. The van der Waals surface area contributed by atoms with Crippen molar-refractivity contribution in [3.63, 3.8) is 0 Å². The Bertz CT molecular complexity index is 716. The molecule has 1 aromatic heterocycles. The highest BCUT2D eigenvalue weighted by Crippen LogP contribution is 2.29. The van der Waals surface area contributed by atoms with Crippen LogP contribution >= 0.6 is 11.3 Å². The Labute approximate surface area is 144 Å². The van der Waals surface area contributed by atoms with Gasteiger partial charge >= 0.3 is 6.03 Å². The predicted molar refractivity (Wildman–Crippen MR) is 94.6 cm³/mol. The van der Waals surface area contributed by atoms with E-state index in [1.807, 2.05) is 30.3 Å². The summed E-state index contributed by atoms with van der Waals surface area (Å²) in [6.45, 7) is 0. The number of hydrogen-bond acceptors (Lipinski definition) is 4. The van der Waals surface area contributed by atoms with Gasteiger partial charge in [0, 0.05) is 12.2 Å². The number of carbonyl (C=O) groups excluding carboxylic acids is 2. The Morgan fingerprint density at radius 2 is 1.92 bits per heavy atom. The van der Waals surface area contributed by atoms with Crippen molar-refractivity contribution in [1.82, 2.24) is 10.3 Å². The molecule has 6 nitrogen and oxygen atoms in total. The molecular weight excluding hydrogens is 324 g/mol. The van der Waals surface area contributed by atoms with Crippen LogP contribution in [-0.2, 0) is 4.79 Å². The zero-order valence-corrected chi connectivity index (χ0v) is 14.0. The molecule has 0 saturated heterocycles. The third kappa shape index (κ3) is 3.91. The van der Waals surface area contributed by atoms with Crippen molar-refractivity contribution < 1.29 is 9.59 Å². The number of amides is 3. The minimum absolute atomic E-state index is 0.204. The van der Waals surface area contributed by atoms with Gasteiger partial charge in [-0.1, -0.05) is 54.5 Å². The number of benzene rings is 1. The molecule has 1 aromatic carbocycles. The second kappa shape index (κ2) is 7.44. The minimum atomic E-state index is -0.347. The van der Waals surface area contributed by atoms with E-state index in [4.69, 9.17) is 5.73 Å². The van der Waals surface area contributed by atoms with Gasteiger partial charge in [0.05, 0.1) is 10.8 Å². The van der Waals surface area contributed by atoms with Crippen LogP contribution in [0.5, 0.6) is 0 Å². The average molecular weight is 344 g/mol. The van der Waals surface area contributed by atoms with Gasteiger partial charge in [-0.25, -0.2) is 9.78 Å². The molecule has 0 radical (unpaired) electrons. The number of urea groups is 1. The van der Waals surface area contributed by atoms with Crippen LogP contribution in [0.1, 0.15) is 25.7 Å². The number of primary amides is 1. The second-order valence-corrected chi connectivity index (χ2v) is 6.92. The van der Waals surface area contributed by atoms with Gasteiger partial charge in [-0.2, -0.15) is 0 Å². The van der Waals surface area contributed by atoms with Crippen LogP contribution in [0.25, 0.3) is 10.4 Å². The van der Waals surface area contributed by atoms with Crippen molar-refractivity contribution in [2.24, 2.45) is 11.7 Å². The van der Waals surface area contributed by atoms with E-state index in [2.05, 4.69) is 15.6 Å². The molecule has 24 heavy (non-hydrogen) atoms. The van der Waals surface area contributed by atoms with Crippen molar-refractivity contribution in [2.75, 3.05) is 5.32 Å². The van der Waals surface area contributed by atoms with Gasteiger partial charge in [0.25, 0.3) is 0 Å². The topological polar surface area (TPSA) is 97.1 Å². The number of hydrogen-bond donors (Lipinski definition) is 3. The summed E-state index contributed by atoms with van der Waals surface area (Å²) in [5.41, 5.74) is 6.49. The molecule has 7 heteroatoms. The van der Waals surface area contributed by atoms with Crippen molar-refractivity contribution in [2.45, 2.75) is 31.7 Å². The molecule has 0 unspecified atom stereocenters. The molecule has 1 saturated carbocycles. The van der Waals surface area contributed by atoms with Gasteiger partial charge in [-0.3, -0.25) is 10.1 Å². The zero-order chi connectivity index (χ0) is 16.9. The summed E-state index contributed by atoms with van der Waals surface area (Å²) in [6, 6.07) is 9.32. The number of carbonyl (C=O) groups is 2. The van der Waals surface area contributed by atoms with Crippen molar-refractivity contribution >= 4 is 28.4 Å². The van der Waals surface area contributed by atoms with Gasteiger partial charge in [0.1, 0.15) is 0 Å². The fourth-order valence-electron chi connectivity index (χ4n) is 3.01. The molecule has 0 aliphatic heterocycles. The van der Waals surface area contributed by atoms with Crippen LogP contribution in [0.4, 0.5) is 9.93 Å². The molecule has 1 aliphatic rings. The maximum Gasteiger partial charge on any atom is 0.321 e. The zero-order valence-electron chi connectivity index (χ0n) is 13.2. The highest BCUT2D eigenvalue weighted by molar-refractivity contribution is 7.19. The third-order valence-electron chi connectivity index (χ3n) is 4.23. The first-order valence-corrected chi connectivity index (χ1v) is 8.83. The number of nitrogens with one attached hydrogen (secondary N) is 2. The SMILES string of the molecule is NC(=O)[C@@H]1CCCC[C@@H]1NC(=O)Nc1ncc(-c2ccccc2)s1. The average Bonchev–Trinajstić information content (AvgIpc) is 3.04. The number of thiazole rings is 1. The molecule has 126 valence electrons. The monoisotopic (exact) mass is 344 g/mol. The van der Waals surface area contributed by atoms with Gasteiger partial charge in [-0.05, 0) is 18.4 Å². The fraction of sp³-hybridized carbons (Fsp3) is 0.353. The quantitative estimate of drug-likeness (QED) is 0.795. The first-order valence-electron chi connectivity index (χ1n) is 8.01. The lowest BCUT2D eigenvalue weighted by atomic mass is 9.84. The molecular formula is C17H20N4O2S. The summed E-state index contributed by atoms with van der Waals surface area (Å²) in [5, 5.41) is 6.13. The second-order valence-electron chi connectivity index (χ2n) is 5.89. The van der Waals surface area contributed by atoms with Crippen molar-refractivity contribution in [3.05, 3.63) is 36.5 Å². The summed E-state index contributed by atoms with van der Waals surface area (Å²) in [6.07, 6.45) is 5.21. The van der Waals surface area contributed by atoms with E-state index >= 15 is 0 Å². The molecule has 3 amide bonds. The Hall–Kier alpha value is -2.41. The van der Waals surface area contributed by atoms with E-state index in [1.165, 1.54) is 11.3 Å². The van der Waals surface area contributed by atoms with E-state index in [-0.39, 0.29) is 23.9 Å². The maximum atomic E-state index is 12.2. The number of aromatic nitrogens is 1. The van der Waals surface area contributed by atoms with E-state index in [0.717, 1.165) is 36.1 Å². The smallest absolute Gasteiger partial charge is 0.321 e. The summed E-state index contributed by atoms with van der Waals surface area (Å²) in [5.74, 6) is -0.638. The highest BCUT2D eigenvalue weighted by atomic mass is 32.1. The Morgan fingerprint density at radius 1 is 1.17 bits per heavy atom. The Balaban J connectivity index is 1.61. The van der Waals surface area contributed by atoms with Gasteiger partial charge < -0.3 is 11.1 Å². The van der Waals surface area contributed by atoms with E-state index in [9.17, 15) is 9.59 Å². The lowest BCUT2D eigenvalue weighted by Gasteiger charge is -2.29. The maximum absolute atomic E-state index is 12.2. The molecule has 4 N–H and O–H groups in total. The van der Waals surface area contributed by atoms with Crippen LogP contribution < -0.4 is 16.4 Å². The van der Waals surface area contributed by atoms with Crippen LogP contribution in [0, 0.1) is 5.92 Å². The van der Waals surface area contributed by atoms with Gasteiger partial charge in [0.2, 0.25) is 5.91 Å². The van der Waals surface area contributed by atoms with E-state index < -0.39 is 0 Å². The molecule has 2 atom stereocenters. The molecule has 1 aliphatic carbocycles. The van der Waals surface area contributed by atoms with Gasteiger partial charge in [0.15, 0.2) is 5.13 Å². The number of rotatable bonds is 4. The summed E-state index contributed by atoms with van der Waals surface area (Å²) >= 11 is 1.41. The van der Waals surface area contributed by atoms with Gasteiger partial charge in [-0.15, -0.1) is 0 Å². The number of anilines is 1. The summed E-state index contributed by atoms with van der Waals surface area (Å²) < 4.78 is 0.